The van der Waals surface area contributed by atoms with Crippen LogP contribution in [0.3, 0.4) is 0 Å². The first-order chi connectivity index (χ1) is 23.0. The van der Waals surface area contributed by atoms with Crippen LogP contribution in [0.25, 0.3) is 0 Å². The summed E-state index contributed by atoms with van der Waals surface area (Å²) in [5, 5.41) is 0.107. The minimum absolute atomic E-state index is 0.0317. The highest BCUT2D eigenvalue weighted by Crippen LogP contribution is 2.53. The summed E-state index contributed by atoms with van der Waals surface area (Å²) in [7, 11) is -4.24. The van der Waals surface area contributed by atoms with Gasteiger partial charge in [-0.15, -0.1) is 0 Å². The van der Waals surface area contributed by atoms with Crippen LogP contribution < -0.4 is 19.5 Å². The van der Waals surface area contributed by atoms with E-state index >= 15 is 4.79 Å². The second-order valence-electron chi connectivity index (χ2n) is 17.5. The molecule has 7 heteroatoms. The number of nitrogens with two attached hydrogens (primary N) is 1. The highest BCUT2D eigenvalue weighted by atomic mass is 28.4. The third kappa shape index (κ3) is 6.43. The maximum Gasteiger partial charge on any atom is 0.250 e. The number of hydrogen-bond acceptors (Lipinski definition) is 4. The summed E-state index contributed by atoms with van der Waals surface area (Å²) >= 11 is 0. The SMILES string of the molecule is Cc1cc(C2(c3cc(C)c(O[Si](C)(C)C(C)(C)C)c(C)c3)C(=O)N(Cc3ccc(N)cc3)c3ccccc32)cc(C)c1O[Si](C)(C)C(C)(C)C. The third-order valence-corrected chi connectivity index (χ3v) is 20.3. The van der Waals surface area contributed by atoms with Crippen molar-refractivity contribution in [2.45, 2.75) is 117 Å². The summed E-state index contributed by atoms with van der Waals surface area (Å²) in [6, 6.07) is 24.9. The molecular weight excluding hydrogens is 649 g/mol. The number of amides is 1. The van der Waals surface area contributed by atoms with Gasteiger partial charge in [-0.1, -0.05) is 96.1 Å². The standard InChI is InChI=1S/C43H58N2O3Si2/c1-28-23-33(24-29(2)38(28)47-49(11,12)41(5,6)7)43(34-25-30(3)39(31(4)26-34)48-50(13,14)42(8,9)10)36-17-15-16-18-37(36)45(40(43)46)27-32-19-21-35(44)22-20-32/h15-26H,27,44H2,1-14H3. The Morgan fingerprint density at radius 3 is 1.46 bits per heavy atom. The van der Waals surface area contributed by atoms with Gasteiger partial charge in [0, 0.05) is 16.9 Å². The highest BCUT2D eigenvalue weighted by Gasteiger charge is 2.54. The van der Waals surface area contributed by atoms with Crippen molar-refractivity contribution in [3.05, 3.63) is 117 Å². The van der Waals surface area contributed by atoms with Gasteiger partial charge in [0.15, 0.2) is 0 Å². The van der Waals surface area contributed by atoms with Gasteiger partial charge in [0.2, 0.25) is 5.91 Å². The first-order valence-electron chi connectivity index (χ1n) is 17.9. The molecule has 1 amide bonds. The molecule has 0 aromatic heterocycles. The van der Waals surface area contributed by atoms with Crippen LogP contribution in [0.4, 0.5) is 11.4 Å². The van der Waals surface area contributed by atoms with Crippen LogP contribution in [0.5, 0.6) is 11.5 Å². The van der Waals surface area contributed by atoms with E-state index in [1.807, 2.05) is 35.2 Å². The zero-order valence-electron chi connectivity index (χ0n) is 32.9. The monoisotopic (exact) mass is 706 g/mol. The fraction of sp³-hybridized carbons (Fsp3) is 0.419. The van der Waals surface area contributed by atoms with Crippen LogP contribution in [-0.2, 0) is 16.8 Å². The summed E-state index contributed by atoms with van der Waals surface area (Å²) in [4.78, 5) is 17.5. The van der Waals surface area contributed by atoms with Gasteiger partial charge >= 0.3 is 0 Å². The summed E-state index contributed by atoms with van der Waals surface area (Å²) in [5.74, 6) is 1.89. The largest absolute Gasteiger partial charge is 0.543 e. The van der Waals surface area contributed by atoms with E-state index in [1.165, 1.54) is 0 Å². The predicted molar refractivity (Wildman–Crippen MR) is 216 cm³/mol. The topological polar surface area (TPSA) is 64.8 Å². The highest BCUT2D eigenvalue weighted by molar-refractivity contribution is 6.75. The van der Waals surface area contributed by atoms with Crippen LogP contribution in [0.15, 0.2) is 72.8 Å². The van der Waals surface area contributed by atoms with E-state index in [0.29, 0.717) is 12.2 Å². The number of aryl methyl sites for hydroxylation is 4. The lowest BCUT2D eigenvalue weighted by Gasteiger charge is -2.39. The lowest BCUT2D eigenvalue weighted by molar-refractivity contribution is -0.120. The molecule has 4 aromatic carbocycles. The van der Waals surface area contributed by atoms with Crippen molar-refractivity contribution in [1.82, 2.24) is 0 Å². The van der Waals surface area contributed by atoms with Crippen LogP contribution in [0.1, 0.15) is 86.1 Å². The summed E-state index contributed by atoms with van der Waals surface area (Å²) in [6.45, 7) is 31.6. The zero-order valence-corrected chi connectivity index (χ0v) is 34.9. The number of anilines is 2. The second-order valence-corrected chi connectivity index (χ2v) is 27.0. The number of carbonyl (C=O) groups is 1. The van der Waals surface area contributed by atoms with E-state index in [0.717, 1.165) is 61.7 Å². The Morgan fingerprint density at radius 2 is 1.06 bits per heavy atom. The van der Waals surface area contributed by atoms with Gasteiger partial charge in [0.1, 0.15) is 16.9 Å². The molecule has 0 bridgehead atoms. The minimum Gasteiger partial charge on any atom is -0.543 e. The van der Waals surface area contributed by atoms with Crippen LogP contribution >= 0.6 is 0 Å². The molecule has 1 heterocycles. The van der Waals surface area contributed by atoms with E-state index in [4.69, 9.17) is 14.6 Å². The zero-order chi connectivity index (χ0) is 37.2. The van der Waals surface area contributed by atoms with Crippen LogP contribution in [-0.4, -0.2) is 22.5 Å². The molecule has 266 valence electrons. The number of rotatable bonds is 8. The van der Waals surface area contributed by atoms with Crippen molar-refractivity contribution in [2.24, 2.45) is 0 Å². The molecule has 1 aliphatic rings. The van der Waals surface area contributed by atoms with E-state index in [2.05, 4.69) is 138 Å². The van der Waals surface area contributed by atoms with Gasteiger partial charge in [0.05, 0.1) is 6.54 Å². The maximum absolute atomic E-state index is 15.5. The van der Waals surface area contributed by atoms with Crippen molar-refractivity contribution in [1.29, 1.82) is 0 Å². The number of nitrogens with zero attached hydrogens (tertiary/aromatic N) is 1. The number of hydrogen-bond donors (Lipinski definition) is 1. The Kier molecular flexibility index (Phi) is 9.55. The van der Waals surface area contributed by atoms with Crippen LogP contribution in [0.2, 0.25) is 36.3 Å². The summed E-state index contributed by atoms with van der Waals surface area (Å²) in [6.07, 6.45) is 0. The van der Waals surface area contributed by atoms with E-state index < -0.39 is 22.0 Å². The average Bonchev–Trinajstić information content (AvgIpc) is 3.24. The van der Waals surface area contributed by atoms with Crippen LogP contribution in [0, 0.1) is 27.7 Å². The van der Waals surface area contributed by atoms with Gasteiger partial charge in [0.25, 0.3) is 16.6 Å². The normalized spacial score (nSPS) is 14.9. The molecule has 2 N–H and O–H groups in total. The molecule has 0 aliphatic carbocycles. The van der Waals surface area contributed by atoms with Gasteiger partial charge in [-0.05, 0) is 121 Å². The van der Waals surface area contributed by atoms with Crippen molar-refractivity contribution in [3.8, 4) is 11.5 Å². The van der Waals surface area contributed by atoms with Crippen molar-refractivity contribution < 1.29 is 13.6 Å². The first-order valence-corrected chi connectivity index (χ1v) is 23.7. The fourth-order valence-corrected chi connectivity index (χ4v) is 8.89. The smallest absolute Gasteiger partial charge is 0.250 e. The van der Waals surface area contributed by atoms with Gasteiger partial charge in [-0.2, -0.15) is 0 Å². The number of benzene rings is 4. The number of para-hydroxylation sites is 1. The fourth-order valence-electron chi connectivity index (χ4n) is 6.61. The van der Waals surface area contributed by atoms with Gasteiger partial charge < -0.3 is 19.5 Å². The predicted octanol–water partition coefficient (Wildman–Crippen LogP) is 11.2. The molecule has 0 unspecified atom stereocenters. The Hall–Kier alpha value is -3.82. The molecule has 0 saturated heterocycles. The molecule has 0 saturated carbocycles. The number of nitrogen functional groups attached to an aromatic ring is 1. The van der Waals surface area contributed by atoms with Crippen molar-refractivity contribution in [3.63, 3.8) is 0 Å². The van der Waals surface area contributed by atoms with E-state index in [1.54, 1.807) is 0 Å². The maximum atomic E-state index is 15.5. The van der Waals surface area contributed by atoms with E-state index in [9.17, 15) is 0 Å². The van der Waals surface area contributed by atoms with E-state index in [-0.39, 0.29) is 16.0 Å². The van der Waals surface area contributed by atoms with Crippen molar-refractivity contribution in [2.75, 3.05) is 10.6 Å². The lowest BCUT2D eigenvalue weighted by atomic mass is 9.69. The molecule has 0 atom stereocenters. The summed E-state index contributed by atoms with van der Waals surface area (Å²) < 4.78 is 13.9. The molecule has 50 heavy (non-hydrogen) atoms. The molecule has 5 rings (SSSR count). The Balaban J connectivity index is 1.77. The minimum atomic E-state index is -2.12. The summed E-state index contributed by atoms with van der Waals surface area (Å²) in [5.41, 5.74) is 14.6. The third-order valence-electron chi connectivity index (χ3n) is 11.6. The number of carbonyl (C=O) groups excluding carboxylic acids is 1. The molecule has 4 aromatic rings. The molecule has 0 fully saturated rings. The Bertz CT molecular complexity index is 1800. The molecular formula is C43H58N2O3Si2. The van der Waals surface area contributed by atoms with Gasteiger partial charge in [-0.25, -0.2) is 0 Å². The molecule has 5 nitrogen and oxygen atoms in total. The average molecular weight is 707 g/mol. The van der Waals surface area contributed by atoms with Crippen molar-refractivity contribution >= 4 is 33.9 Å². The Morgan fingerprint density at radius 1 is 0.660 bits per heavy atom. The molecule has 0 spiro atoms. The lowest BCUT2D eigenvalue weighted by Crippen LogP contribution is -2.45. The molecule has 0 radical (unpaired) electrons. The molecule has 1 aliphatic heterocycles. The second kappa shape index (κ2) is 12.7. The number of fused-ring (bicyclic) bond motifs is 1. The quantitative estimate of drug-likeness (QED) is 0.146. The Labute approximate surface area is 303 Å². The van der Waals surface area contributed by atoms with Gasteiger partial charge in [-0.3, -0.25) is 4.79 Å². The first kappa shape index (κ1) is 37.4.